The molecule has 5 nitrogen and oxygen atoms in total. The molecular formula is C21H24F4N2O3. The lowest BCUT2D eigenvalue weighted by atomic mass is 10.1. The molecule has 0 aromatic heterocycles. The highest BCUT2D eigenvalue weighted by molar-refractivity contribution is 6.04. The first kappa shape index (κ1) is 23.5. The summed E-state index contributed by atoms with van der Waals surface area (Å²) in [5, 5.41) is 2.49. The number of amides is 1. The van der Waals surface area contributed by atoms with Crippen LogP contribution in [0.5, 0.6) is 11.5 Å². The second-order valence-electron chi connectivity index (χ2n) is 6.39. The molecule has 0 saturated heterocycles. The van der Waals surface area contributed by atoms with Gasteiger partial charge in [-0.15, -0.1) is 0 Å². The van der Waals surface area contributed by atoms with Gasteiger partial charge < -0.3 is 19.7 Å². The minimum absolute atomic E-state index is 0.302. The van der Waals surface area contributed by atoms with Gasteiger partial charge in [-0.25, -0.2) is 4.39 Å². The molecule has 0 atom stereocenters. The van der Waals surface area contributed by atoms with Crippen molar-refractivity contribution in [1.29, 1.82) is 0 Å². The van der Waals surface area contributed by atoms with Crippen LogP contribution in [-0.4, -0.2) is 44.2 Å². The van der Waals surface area contributed by atoms with Crippen molar-refractivity contribution >= 4 is 11.6 Å². The Bertz CT molecular complexity index is 868. The van der Waals surface area contributed by atoms with Crippen molar-refractivity contribution in [2.75, 3.05) is 38.7 Å². The summed E-state index contributed by atoms with van der Waals surface area (Å²) in [5.74, 6) is -1.40. The summed E-state index contributed by atoms with van der Waals surface area (Å²) in [4.78, 5) is 14.5. The van der Waals surface area contributed by atoms with Crippen LogP contribution < -0.4 is 14.8 Å². The van der Waals surface area contributed by atoms with Gasteiger partial charge in [0.1, 0.15) is 12.4 Å². The van der Waals surface area contributed by atoms with E-state index in [-0.39, 0.29) is 5.56 Å². The fourth-order valence-corrected chi connectivity index (χ4v) is 2.78. The SMILES string of the molecule is CCN(CC)CCOc1cc(NC(=O)c2ccc(F)c(C(F)(F)F)c2)ccc1OC. The van der Waals surface area contributed by atoms with Gasteiger partial charge in [0, 0.05) is 23.9 Å². The maximum atomic E-state index is 13.4. The number of nitrogens with zero attached hydrogens (tertiary/aromatic N) is 1. The second kappa shape index (κ2) is 10.3. The molecular weight excluding hydrogens is 404 g/mol. The fourth-order valence-electron chi connectivity index (χ4n) is 2.78. The quantitative estimate of drug-likeness (QED) is 0.582. The molecule has 0 spiro atoms. The monoisotopic (exact) mass is 428 g/mol. The van der Waals surface area contributed by atoms with E-state index in [2.05, 4.69) is 10.2 Å². The molecule has 0 aliphatic rings. The molecule has 0 aliphatic carbocycles. The van der Waals surface area contributed by atoms with Gasteiger partial charge in [-0.2, -0.15) is 13.2 Å². The molecule has 30 heavy (non-hydrogen) atoms. The van der Waals surface area contributed by atoms with Gasteiger partial charge >= 0.3 is 6.18 Å². The smallest absolute Gasteiger partial charge is 0.419 e. The van der Waals surface area contributed by atoms with Gasteiger partial charge in [0.05, 0.1) is 12.7 Å². The third kappa shape index (κ3) is 6.09. The van der Waals surface area contributed by atoms with Crippen molar-refractivity contribution in [3.63, 3.8) is 0 Å². The summed E-state index contributed by atoms with van der Waals surface area (Å²) in [7, 11) is 1.47. The molecule has 1 N–H and O–H groups in total. The molecule has 0 radical (unpaired) electrons. The number of hydrogen-bond acceptors (Lipinski definition) is 4. The molecule has 164 valence electrons. The first-order valence-corrected chi connectivity index (χ1v) is 9.40. The number of methoxy groups -OCH3 is 1. The molecule has 0 fully saturated rings. The Kier molecular flexibility index (Phi) is 8.05. The highest BCUT2D eigenvalue weighted by Crippen LogP contribution is 2.33. The highest BCUT2D eigenvalue weighted by Gasteiger charge is 2.34. The zero-order valence-electron chi connectivity index (χ0n) is 17.0. The Labute approximate surface area is 172 Å². The summed E-state index contributed by atoms with van der Waals surface area (Å²) in [6.45, 7) is 6.93. The van der Waals surface area contributed by atoms with Crippen LogP contribution in [0.25, 0.3) is 0 Å². The van der Waals surface area contributed by atoms with E-state index in [1.54, 1.807) is 6.07 Å². The third-order valence-electron chi connectivity index (χ3n) is 4.51. The molecule has 0 bridgehead atoms. The van der Waals surface area contributed by atoms with E-state index < -0.39 is 23.5 Å². The number of rotatable bonds is 9. The molecule has 2 aromatic rings. The Balaban J connectivity index is 2.15. The van der Waals surface area contributed by atoms with Gasteiger partial charge in [0.15, 0.2) is 11.5 Å². The van der Waals surface area contributed by atoms with Crippen molar-refractivity contribution in [3.05, 3.63) is 53.3 Å². The van der Waals surface area contributed by atoms with Crippen molar-refractivity contribution < 1.29 is 31.8 Å². The topological polar surface area (TPSA) is 50.8 Å². The Hall–Kier alpha value is -2.81. The Morgan fingerprint density at radius 2 is 1.77 bits per heavy atom. The van der Waals surface area contributed by atoms with Crippen LogP contribution in [0.4, 0.5) is 23.2 Å². The zero-order chi connectivity index (χ0) is 22.3. The van der Waals surface area contributed by atoms with E-state index in [9.17, 15) is 22.4 Å². The lowest BCUT2D eigenvalue weighted by molar-refractivity contribution is -0.140. The van der Waals surface area contributed by atoms with Gasteiger partial charge in [-0.1, -0.05) is 13.8 Å². The molecule has 1 amide bonds. The number of nitrogens with one attached hydrogen (secondary N) is 1. The third-order valence-corrected chi connectivity index (χ3v) is 4.51. The Morgan fingerprint density at radius 3 is 2.37 bits per heavy atom. The summed E-state index contributed by atoms with van der Waals surface area (Å²) in [6, 6.07) is 6.72. The first-order valence-electron chi connectivity index (χ1n) is 9.40. The number of halogens is 4. The normalized spacial score (nSPS) is 11.5. The summed E-state index contributed by atoms with van der Waals surface area (Å²) < 4.78 is 63.1. The summed E-state index contributed by atoms with van der Waals surface area (Å²) in [6.07, 6.45) is -4.90. The second-order valence-corrected chi connectivity index (χ2v) is 6.39. The molecule has 2 rings (SSSR count). The minimum atomic E-state index is -4.90. The number of anilines is 1. The number of benzene rings is 2. The van der Waals surface area contributed by atoms with Crippen LogP contribution in [0.2, 0.25) is 0 Å². The van der Waals surface area contributed by atoms with E-state index in [0.717, 1.165) is 19.2 Å². The van der Waals surface area contributed by atoms with E-state index in [4.69, 9.17) is 9.47 Å². The average molecular weight is 428 g/mol. The largest absolute Gasteiger partial charge is 0.493 e. The standard InChI is InChI=1S/C21H24F4N2O3/c1-4-27(5-2)10-11-30-19-13-15(7-9-18(19)29-3)26-20(28)14-6-8-17(22)16(12-14)21(23,24)25/h6-9,12-13H,4-5,10-11H2,1-3H3,(H,26,28). The molecule has 2 aromatic carbocycles. The summed E-state index contributed by atoms with van der Waals surface area (Å²) >= 11 is 0. The van der Waals surface area contributed by atoms with Gasteiger partial charge in [0.2, 0.25) is 0 Å². The van der Waals surface area contributed by atoms with E-state index in [1.807, 2.05) is 13.8 Å². The number of carbonyl (C=O) groups excluding carboxylic acids is 1. The molecule has 0 heterocycles. The first-order chi connectivity index (χ1) is 14.2. The van der Waals surface area contributed by atoms with Gasteiger partial charge in [-0.3, -0.25) is 4.79 Å². The predicted octanol–water partition coefficient (Wildman–Crippen LogP) is 4.83. The molecule has 0 aliphatic heterocycles. The summed E-state index contributed by atoms with van der Waals surface area (Å²) in [5.41, 5.74) is -1.51. The zero-order valence-corrected chi connectivity index (χ0v) is 17.0. The fraction of sp³-hybridized carbons (Fsp3) is 0.381. The lowest BCUT2D eigenvalue weighted by Gasteiger charge is -2.19. The number of hydrogen-bond donors (Lipinski definition) is 1. The molecule has 0 saturated carbocycles. The number of likely N-dealkylation sites (N-methyl/N-ethyl adjacent to an activating group) is 1. The van der Waals surface area contributed by atoms with E-state index in [1.165, 1.54) is 19.2 Å². The van der Waals surface area contributed by atoms with Crippen molar-refractivity contribution in [2.24, 2.45) is 0 Å². The van der Waals surface area contributed by atoms with Crippen LogP contribution in [0.15, 0.2) is 36.4 Å². The number of carbonyl (C=O) groups is 1. The van der Waals surface area contributed by atoms with Crippen molar-refractivity contribution in [3.8, 4) is 11.5 Å². The lowest BCUT2D eigenvalue weighted by Crippen LogP contribution is -2.28. The van der Waals surface area contributed by atoms with Crippen LogP contribution in [0.1, 0.15) is 29.8 Å². The van der Waals surface area contributed by atoms with Crippen molar-refractivity contribution in [2.45, 2.75) is 20.0 Å². The van der Waals surface area contributed by atoms with Crippen LogP contribution in [0.3, 0.4) is 0 Å². The molecule has 9 heteroatoms. The van der Waals surface area contributed by atoms with Crippen LogP contribution in [-0.2, 0) is 6.18 Å². The van der Waals surface area contributed by atoms with Crippen LogP contribution >= 0.6 is 0 Å². The van der Waals surface area contributed by atoms with Crippen LogP contribution in [0, 0.1) is 5.82 Å². The van der Waals surface area contributed by atoms with Crippen molar-refractivity contribution in [1.82, 2.24) is 4.90 Å². The predicted molar refractivity (Wildman–Crippen MR) is 106 cm³/mol. The van der Waals surface area contributed by atoms with E-state index >= 15 is 0 Å². The Morgan fingerprint density at radius 1 is 1.07 bits per heavy atom. The highest BCUT2D eigenvalue weighted by atomic mass is 19.4. The minimum Gasteiger partial charge on any atom is -0.493 e. The number of ether oxygens (including phenoxy) is 2. The average Bonchev–Trinajstić information content (AvgIpc) is 2.71. The molecule has 0 unspecified atom stereocenters. The van der Waals surface area contributed by atoms with E-state index in [0.29, 0.717) is 42.5 Å². The van der Waals surface area contributed by atoms with Gasteiger partial charge in [-0.05, 0) is 43.4 Å². The number of alkyl halides is 3. The van der Waals surface area contributed by atoms with Gasteiger partial charge in [0.25, 0.3) is 5.91 Å². The maximum Gasteiger partial charge on any atom is 0.419 e. The maximum absolute atomic E-state index is 13.4.